The first-order valence-corrected chi connectivity index (χ1v) is 8.23. The van der Waals surface area contributed by atoms with E-state index in [0.29, 0.717) is 12.8 Å². The Morgan fingerprint density at radius 3 is 2.58 bits per heavy atom. The molecule has 1 aromatic rings. The van der Waals surface area contributed by atoms with Gasteiger partial charge in [0.15, 0.2) is 9.84 Å². The molecule has 1 rings (SSSR count). The predicted molar refractivity (Wildman–Crippen MR) is 77.3 cm³/mol. The van der Waals surface area contributed by atoms with Gasteiger partial charge in [0.05, 0.1) is 23.0 Å². The molecule has 0 aliphatic carbocycles. The van der Waals surface area contributed by atoms with Crippen molar-refractivity contribution in [2.24, 2.45) is 5.41 Å². The number of hydrogen-bond donors (Lipinski definition) is 0. The van der Waals surface area contributed by atoms with Crippen molar-refractivity contribution in [3.8, 4) is 6.07 Å². The average molecular weight is 279 g/mol. The first kappa shape index (κ1) is 15.7. The van der Waals surface area contributed by atoms with E-state index in [0.717, 1.165) is 11.1 Å². The number of rotatable bonds is 6. The van der Waals surface area contributed by atoms with Gasteiger partial charge >= 0.3 is 0 Å². The molecule has 0 heterocycles. The van der Waals surface area contributed by atoms with Crippen LogP contribution < -0.4 is 0 Å². The minimum Gasteiger partial charge on any atom is -0.228 e. The number of nitriles is 1. The molecule has 4 heteroatoms. The van der Waals surface area contributed by atoms with Gasteiger partial charge in [-0.15, -0.1) is 0 Å². The van der Waals surface area contributed by atoms with Gasteiger partial charge in [-0.2, -0.15) is 5.26 Å². The molecule has 0 amide bonds. The highest BCUT2D eigenvalue weighted by molar-refractivity contribution is 7.90. The van der Waals surface area contributed by atoms with Crippen molar-refractivity contribution < 1.29 is 8.42 Å². The molecular formula is C15H21NO2S. The number of sulfone groups is 1. The van der Waals surface area contributed by atoms with Crippen molar-refractivity contribution in [2.75, 3.05) is 5.75 Å². The highest BCUT2D eigenvalue weighted by atomic mass is 32.2. The van der Waals surface area contributed by atoms with Crippen LogP contribution in [0.3, 0.4) is 0 Å². The average Bonchev–Trinajstić information content (AvgIpc) is 2.27. The van der Waals surface area contributed by atoms with Gasteiger partial charge in [0.2, 0.25) is 0 Å². The Bertz CT molecular complexity index is 568. The molecule has 0 fully saturated rings. The van der Waals surface area contributed by atoms with Crippen LogP contribution in [0.5, 0.6) is 0 Å². The fraction of sp³-hybridized carbons (Fsp3) is 0.533. The van der Waals surface area contributed by atoms with Gasteiger partial charge in [0, 0.05) is 0 Å². The van der Waals surface area contributed by atoms with Crippen LogP contribution in [0.25, 0.3) is 0 Å². The van der Waals surface area contributed by atoms with Crippen LogP contribution in [0, 0.1) is 23.7 Å². The minimum absolute atomic E-state index is 0.0850. The molecule has 3 nitrogen and oxygen atoms in total. The highest BCUT2D eigenvalue weighted by Gasteiger charge is 2.19. The zero-order valence-electron chi connectivity index (χ0n) is 11.8. The summed E-state index contributed by atoms with van der Waals surface area (Å²) in [6.45, 7) is 5.62. The second-order valence-electron chi connectivity index (χ2n) is 5.68. The Morgan fingerprint density at radius 1 is 1.32 bits per heavy atom. The summed E-state index contributed by atoms with van der Waals surface area (Å²) in [5.74, 6) is 0.230. The van der Waals surface area contributed by atoms with Crippen LogP contribution in [0.15, 0.2) is 24.3 Å². The van der Waals surface area contributed by atoms with Crippen molar-refractivity contribution in [3.63, 3.8) is 0 Å². The maximum Gasteiger partial charge on any atom is 0.154 e. The number of aryl methyl sites for hydroxylation is 1. The van der Waals surface area contributed by atoms with Gasteiger partial charge in [-0.05, 0) is 39.2 Å². The Balaban J connectivity index is 2.56. The summed E-state index contributed by atoms with van der Waals surface area (Å²) >= 11 is 0. The molecule has 0 saturated carbocycles. The maximum atomic E-state index is 12.0. The van der Waals surface area contributed by atoms with Gasteiger partial charge in [-0.3, -0.25) is 0 Å². The first-order valence-electron chi connectivity index (χ1n) is 6.41. The molecule has 0 aliphatic heterocycles. The van der Waals surface area contributed by atoms with Crippen molar-refractivity contribution >= 4 is 9.84 Å². The van der Waals surface area contributed by atoms with Gasteiger partial charge in [-0.25, -0.2) is 8.42 Å². The molecular weight excluding hydrogens is 258 g/mol. The lowest BCUT2D eigenvalue weighted by molar-refractivity contribution is 0.445. The van der Waals surface area contributed by atoms with Gasteiger partial charge in [0.25, 0.3) is 0 Å². The Kier molecular flexibility index (Phi) is 5.13. The molecule has 0 atom stereocenters. The van der Waals surface area contributed by atoms with Gasteiger partial charge < -0.3 is 0 Å². The fourth-order valence-corrected chi connectivity index (χ4v) is 3.33. The summed E-state index contributed by atoms with van der Waals surface area (Å²) in [4.78, 5) is 0. The van der Waals surface area contributed by atoms with E-state index in [9.17, 15) is 8.42 Å². The Hall–Kier alpha value is -1.34. The SMILES string of the molecule is Cc1cccc(CS(=O)(=O)CCCC(C)(C)C#N)c1. The number of nitrogens with zero attached hydrogens (tertiary/aromatic N) is 1. The quantitative estimate of drug-likeness (QED) is 0.803. The molecule has 0 bridgehead atoms. The Labute approximate surface area is 116 Å². The van der Waals surface area contributed by atoms with Crippen LogP contribution in [-0.2, 0) is 15.6 Å². The molecule has 0 unspecified atom stereocenters. The lowest BCUT2D eigenvalue weighted by Gasteiger charge is -2.14. The molecule has 104 valence electrons. The molecule has 19 heavy (non-hydrogen) atoms. The highest BCUT2D eigenvalue weighted by Crippen LogP contribution is 2.21. The van der Waals surface area contributed by atoms with E-state index in [2.05, 4.69) is 6.07 Å². The fourth-order valence-electron chi connectivity index (χ4n) is 1.92. The van der Waals surface area contributed by atoms with Crippen LogP contribution >= 0.6 is 0 Å². The molecule has 0 aromatic heterocycles. The molecule has 1 aromatic carbocycles. The summed E-state index contributed by atoms with van der Waals surface area (Å²) in [6.07, 6.45) is 1.14. The Morgan fingerprint density at radius 2 is 2.00 bits per heavy atom. The third-order valence-corrected chi connectivity index (χ3v) is 4.71. The van der Waals surface area contributed by atoms with Crippen molar-refractivity contribution in [1.29, 1.82) is 5.26 Å². The van der Waals surface area contributed by atoms with Crippen LogP contribution in [0.2, 0.25) is 0 Å². The summed E-state index contributed by atoms with van der Waals surface area (Å²) in [5, 5.41) is 8.89. The van der Waals surface area contributed by atoms with Gasteiger partial charge in [-0.1, -0.05) is 29.8 Å². The smallest absolute Gasteiger partial charge is 0.154 e. The van der Waals surface area contributed by atoms with E-state index in [1.165, 1.54) is 0 Å². The predicted octanol–water partition coefficient (Wildman–Crippen LogP) is 3.24. The third-order valence-electron chi connectivity index (χ3n) is 3.03. The second kappa shape index (κ2) is 6.21. The van der Waals surface area contributed by atoms with Crippen LogP contribution in [0.1, 0.15) is 37.8 Å². The number of hydrogen-bond acceptors (Lipinski definition) is 3. The lowest BCUT2D eigenvalue weighted by atomic mass is 9.90. The summed E-state index contributed by atoms with van der Waals surface area (Å²) in [7, 11) is -3.09. The van der Waals surface area contributed by atoms with E-state index >= 15 is 0 Å². The second-order valence-corrected chi connectivity index (χ2v) is 7.86. The number of benzene rings is 1. The monoisotopic (exact) mass is 279 g/mol. The molecule has 0 saturated heterocycles. The van der Waals surface area contributed by atoms with E-state index in [4.69, 9.17) is 5.26 Å². The largest absolute Gasteiger partial charge is 0.228 e. The van der Waals surface area contributed by atoms with Crippen molar-refractivity contribution in [3.05, 3.63) is 35.4 Å². The van der Waals surface area contributed by atoms with Gasteiger partial charge in [0.1, 0.15) is 0 Å². The topological polar surface area (TPSA) is 57.9 Å². The molecule has 0 spiro atoms. The summed E-state index contributed by atoms with van der Waals surface area (Å²) < 4.78 is 24.0. The van der Waals surface area contributed by atoms with E-state index in [1.807, 2.05) is 45.0 Å². The summed E-state index contributed by atoms with van der Waals surface area (Å²) in [6, 6.07) is 9.75. The molecule has 0 N–H and O–H groups in total. The van der Waals surface area contributed by atoms with Crippen LogP contribution in [0.4, 0.5) is 0 Å². The maximum absolute atomic E-state index is 12.0. The lowest BCUT2D eigenvalue weighted by Crippen LogP contribution is -2.14. The van der Waals surface area contributed by atoms with E-state index < -0.39 is 15.3 Å². The minimum atomic E-state index is -3.09. The van der Waals surface area contributed by atoms with Crippen LogP contribution in [-0.4, -0.2) is 14.2 Å². The van der Waals surface area contributed by atoms with Crippen molar-refractivity contribution in [1.82, 2.24) is 0 Å². The molecule has 0 radical (unpaired) electrons. The summed E-state index contributed by atoms with van der Waals surface area (Å²) in [5.41, 5.74) is 1.46. The zero-order chi connectivity index (χ0) is 14.5. The third kappa shape index (κ3) is 5.89. The van der Waals surface area contributed by atoms with Crippen molar-refractivity contribution in [2.45, 2.75) is 39.4 Å². The van der Waals surface area contributed by atoms with E-state index in [-0.39, 0.29) is 11.5 Å². The first-order chi connectivity index (χ1) is 8.74. The van der Waals surface area contributed by atoms with E-state index in [1.54, 1.807) is 0 Å². The standard InChI is InChI=1S/C15H21NO2S/c1-13-6-4-7-14(10-13)11-19(17,18)9-5-8-15(2,3)12-16/h4,6-7,10H,5,8-9,11H2,1-3H3. The normalized spacial score (nSPS) is 12.1. The zero-order valence-corrected chi connectivity index (χ0v) is 12.6. The molecule has 0 aliphatic rings.